The maximum absolute atomic E-state index is 13.7. The predicted octanol–water partition coefficient (Wildman–Crippen LogP) is 4.68. The van der Waals surface area contributed by atoms with Crippen LogP contribution < -0.4 is 4.90 Å². The number of aliphatic hydroxyl groups is 1. The highest BCUT2D eigenvalue weighted by atomic mass is 19.4. The molecule has 0 unspecified atom stereocenters. The first-order valence-corrected chi connectivity index (χ1v) is 10.9. The molecule has 3 aromatic rings. The number of benzene rings is 2. The van der Waals surface area contributed by atoms with Crippen LogP contribution in [0.4, 0.5) is 32.0 Å². The van der Waals surface area contributed by atoms with E-state index in [-0.39, 0.29) is 34.7 Å². The summed E-state index contributed by atoms with van der Waals surface area (Å²) in [5.74, 6) is -0.441. The summed E-state index contributed by atoms with van der Waals surface area (Å²) < 4.78 is 83.1. The number of hydrogen-bond donors (Lipinski definition) is 1. The topological polar surface area (TPSA) is 71.2 Å². The molecule has 0 radical (unpaired) electrons. The fourth-order valence-corrected chi connectivity index (χ4v) is 5.34. The van der Waals surface area contributed by atoms with Crippen molar-refractivity contribution in [2.45, 2.75) is 49.7 Å². The fraction of sp³-hybridized carbons (Fsp3) is 0.375. The molecule has 6 nitrogen and oxygen atoms in total. The van der Waals surface area contributed by atoms with Gasteiger partial charge in [0.2, 0.25) is 0 Å². The van der Waals surface area contributed by atoms with Gasteiger partial charge < -0.3 is 14.6 Å². The average molecular weight is 510 g/mol. The van der Waals surface area contributed by atoms with E-state index in [1.165, 1.54) is 47.0 Å². The van der Waals surface area contributed by atoms with Crippen molar-refractivity contribution in [2.24, 2.45) is 7.05 Å². The lowest BCUT2D eigenvalue weighted by atomic mass is 9.55. The van der Waals surface area contributed by atoms with Crippen LogP contribution in [0.5, 0.6) is 0 Å². The minimum Gasteiger partial charge on any atom is -0.380 e. The van der Waals surface area contributed by atoms with E-state index in [0.29, 0.717) is 5.56 Å². The van der Waals surface area contributed by atoms with Crippen LogP contribution in [0.1, 0.15) is 51.3 Å². The Morgan fingerprint density at radius 2 is 1.75 bits per heavy atom. The van der Waals surface area contributed by atoms with Crippen molar-refractivity contribution in [3.8, 4) is 0 Å². The van der Waals surface area contributed by atoms with Gasteiger partial charge in [-0.3, -0.25) is 4.79 Å². The third-order valence-electron chi connectivity index (χ3n) is 7.06. The Morgan fingerprint density at radius 1 is 1.06 bits per heavy atom. The molecule has 5 rings (SSSR count). The van der Waals surface area contributed by atoms with Gasteiger partial charge in [-0.15, -0.1) is 10.2 Å². The Morgan fingerprint density at radius 3 is 2.33 bits per heavy atom. The van der Waals surface area contributed by atoms with E-state index < -0.39 is 47.7 Å². The summed E-state index contributed by atoms with van der Waals surface area (Å²) in [4.78, 5) is 14.3. The van der Waals surface area contributed by atoms with Crippen LogP contribution >= 0.6 is 0 Å². The number of nitrogens with zero attached hydrogens (tertiary/aromatic N) is 4. The molecule has 0 spiro atoms. The predicted molar refractivity (Wildman–Crippen MR) is 115 cm³/mol. The van der Waals surface area contributed by atoms with Crippen molar-refractivity contribution in [1.29, 1.82) is 0 Å². The minimum absolute atomic E-state index is 0.0640. The molecule has 2 aliphatic rings. The Bertz CT molecular complexity index is 1370. The molecule has 1 aliphatic heterocycles. The summed E-state index contributed by atoms with van der Waals surface area (Å²) in [6.07, 6.45) is -9.63. The average Bonchev–Trinajstić information content (AvgIpc) is 3.33. The smallest absolute Gasteiger partial charge is 0.380 e. The summed E-state index contributed by atoms with van der Waals surface area (Å²) in [5, 5.41) is 18.0. The van der Waals surface area contributed by atoms with Crippen molar-refractivity contribution >= 4 is 11.6 Å². The SMILES string of the molecule is Cc1cc2c(c(C(F)(F)F)c1)CN(c1cccc(C3(c4nncn4C)CC(O)(C(F)(F)F)C3)c1)C2=O. The molecule has 1 amide bonds. The Labute approximate surface area is 201 Å². The van der Waals surface area contributed by atoms with Crippen LogP contribution in [0.3, 0.4) is 0 Å². The molecule has 0 atom stereocenters. The van der Waals surface area contributed by atoms with Gasteiger partial charge in [-0.05, 0) is 47.9 Å². The lowest BCUT2D eigenvalue weighted by molar-refractivity contribution is -0.301. The van der Waals surface area contributed by atoms with Crippen molar-refractivity contribution in [2.75, 3.05) is 4.90 Å². The molecule has 1 aliphatic carbocycles. The second-order valence-corrected chi connectivity index (χ2v) is 9.51. The number of halogens is 6. The first-order chi connectivity index (χ1) is 16.7. The number of carbonyl (C=O) groups is 1. The number of rotatable bonds is 3. The second-order valence-electron chi connectivity index (χ2n) is 9.51. The van der Waals surface area contributed by atoms with E-state index in [4.69, 9.17) is 0 Å². The van der Waals surface area contributed by atoms with Crippen molar-refractivity contribution in [1.82, 2.24) is 14.8 Å². The van der Waals surface area contributed by atoms with Crippen LogP contribution in [0.25, 0.3) is 0 Å². The molecule has 2 heterocycles. The lowest BCUT2D eigenvalue weighted by Crippen LogP contribution is -2.63. The van der Waals surface area contributed by atoms with E-state index in [9.17, 15) is 36.2 Å². The summed E-state index contributed by atoms with van der Waals surface area (Å²) in [7, 11) is 1.56. The number of alkyl halides is 6. The first kappa shape index (κ1) is 24.3. The Balaban J connectivity index is 1.57. The van der Waals surface area contributed by atoms with E-state index in [1.807, 2.05) is 0 Å². The molecule has 2 aromatic carbocycles. The van der Waals surface area contributed by atoms with Crippen molar-refractivity contribution in [3.05, 3.63) is 76.4 Å². The van der Waals surface area contributed by atoms with Crippen molar-refractivity contribution in [3.63, 3.8) is 0 Å². The molecule has 1 aromatic heterocycles. The molecule has 0 bridgehead atoms. The Hall–Kier alpha value is -3.41. The number of hydrogen-bond acceptors (Lipinski definition) is 4. The number of amides is 1. The maximum atomic E-state index is 13.7. The largest absolute Gasteiger partial charge is 0.417 e. The third-order valence-corrected chi connectivity index (χ3v) is 7.06. The van der Waals surface area contributed by atoms with Gasteiger partial charge in [-0.1, -0.05) is 12.1 Å². The second kappa shape index (κ2) is 7.55. The minimum atomic E-state index is -4.87. The van der Waals surface area contributed by atoms with Gasteiger partial charge in [-0.2, -0.15) is 26.3 Å². The normalized spacial score (nSPS) is 24.1. The zero-order valence-corrected chi connectivity index (χ0v) is 19.1. The molecule has 1 N–H and O–H groups in total. The summed E-state index contributed by atoms with van der Waals surface area (Å²) >= 11 is 0. The van der Waals surface area contributed by atoms with Crippen LogP contribution in [0.2, 0.25) is 0 Å². The highest BCUT2D eigenvalue weighted by Gasteiger charge is 2.69. The number of aryl methyl sites for hydroxylation is 2. The highest BCUT2D eigenvalue weighted by Crippen LogP contribution is 2.59. The molecular weight excluding hydrogens is 490 g/mol. The highest BCUT2D eigenvalue weighted by molar-refractivity contribution is 6.10. The van der Waals surface area contributed by atoms with E-state index in [0.717, 1.165) is 6.07 Å². The third kappa shape index (κ3) is 3.49. The molecule has 190 valence electrons. The van der Waals surface area contributed by atoms with Crippen LogP contribution in [0, 0.1) is 6.92 Å². The first-order valence-electron chi connectivity index (χ1n) is 10.9. The standard InChI is InChI=1S/C24H20F6N4O2/c1-13-6-16-17(18(7-13)23(25,26)27)9-34(19(16)35)15-5-3-4-14(8-15)21(20-32-31-12-33(20)2)10-22(36,11-21)24(28,29)30/h3-8,12,36H,9-11H2,1-2H3. The summed E-state index contributed by atoms with van der Waals surface area (Å²) in [5.41, 5.74) is -4.57. The van der Waals surface area contributed by atoms with E-state index in [1.54, 1.807) is 13.1 Å². The van der Waals surface area contributed by atoms with Crippen LogP contribution in [0.15, 0.2) is 42.7 Å². The molecule has 1 fully saturated rings. The van der Waals surface area contributed by atoms with Gasteiger partial charge in [0.1, 0.15) is 12.2 Å². The molecule has 36 heavy (non-hydrogen) atoms. The molecule has 12 heteroatoms. The Kier molecular flexibility index (Phi) is 5.09. The van der Waals surface area contributed by atoms with Crippen LogP contribution in [-0.4, -0.2) is 37.6 Å². The maximum Gasteiger partial charge on any atom is 0.417 e. The molecule has 1 saturated carbocycles. The lowest BCUT2D eigenvalue weighted by Gasteiger charge is -2.53. The number of fused-ring (bicyclic) bond motifs is 1. The monoisotopic (exact) mass is 510 g/mol. The van der Waals surface area contributed by atoms with Crippen LogP contribution in [-0.2, 0) is 25.2 Å². The van der Waals surface area contributed by atoms with Gasteiger partial charge in [0, 0.05) is 31.1 Å². The van der Waals surface area contributed by atoms with Gasteiger partial charge in [-0.25, -0.2) is 0 Å². The fourth-order valence-electron chi connectivity index (χ4n) is 5.34. The van der Waals surface area contributed by atoms with Gasteiger partial charge in [0.05, 0.1) is 17.5 Å². The zero-order valence-electron chi connectivity index (χ0n) is 19.1. The number of carbonyl (C=O) groups excluding carboxylic acids is 1. The van der Waals surface area contributed by atoms with Gasteiger partial charge in [0.25, 0.3) is 5.91 Å². The summed E-state index contributed by atoms with van der Waals surface area (Å²) in [6, 6.07) is 8.42. The zero-order chi connectivity index (χ0) is 26.3. The summed E-state index contributed by atoms with van der Waals surface area (Å²) in [6.45, 7) is 1.13. The van der Waals surface area contributed by atoms with E-state index in [2.05, 4.69) is 10.2 Å². The number of anilines is 1. The van der Waals surface area contributed by atoms with Gasteiger partial charge in [0.15, 0.2) is 5.60 Å². The van der Waals surface area contributed by atoms with E-state index >= 15 is 0 Å². The quantitative estimate of drug-likeness (QED) is 0.520. The molecule has 0 saturated heterocycles. The number of aromatic nitrogens is 3. The molecular formula is C24H20F6N4O2. The van der Waals surface area contributed by atoms with Crippen molar-refractivity contribution < 1.29 is 36.2 Å². The van der Waals surface area contributed by atoms with Gasteiger partial charge >= 0.3 is 12.4 Å².